The number of nitrogens with one attached hydrogen (secondary N) is 1. The molecule has 1 aromatic heterocycles. The molecule has 5 nitrogen and oxygen atoms in total. The summed E-state index contributed by atoms with van der Waals surface area (Å²) in [5, 5.41) is 4.25. The standard InChI is InChI=1S/C18H23ClN2O3/c1-6-21(10-15(22)20-18(3,4)5)17(23)16-11(2)13-9-12(19)7-8-14(13)24-16/h7-9H,6,10H2,1-5H3,(H,20,22). The first-order chi connectivity index (χ1) is 11.1. The van der Waals surface area contributed by atoms with Crippen molar-refractivity contribution in [3.8, 4) is 0 Å². The van der Waals surface area contributed by atoms with E-state index in [9.17, 15) is 9.59 Å². The van der Waals surface area contributed by atoms with Crippen molar-refractivity contribution in [2.45, 2.75) is 40.2 Å². The van der Waals surface area contributed by atoms with Gasteiger partial charge in [-0.05, 0) is 52.8 Å². The lowest BCUT2D eigenvalue weighted by atomic mass is 10.1. The van der Waals surface area contributed by atoms with Crippen molar-refractivity contribution in [3.05, 3.63) is 34.5 Å². The summed E-state index contributed by atoms with van der Waals surface area (Å²) in [7, 11) is 0. The van der Waals surface area contributed by atoms with Crippen LogP contribution in [0.15, 0.2) is 22.6 Å². The second-order valence-corrected chi connectivity index (χ2v) is 7.25. The van der Waals surface area contributed by atoms with Gasteiger partial charge in [0.05, 0.1) is 6.54 Å². The average Bonchev–Trinajstić information content (AvgIpc) is 2.79. The summed E-state index contributed by atoms with van der Waals surface area (Å²) >= 11 is 6.01. The molecule has 2 rings (SSSR count). The number of hydrogen-bond acceptors (Lipinski definition) is 3. The molecule has 2 amide bonds. The highest BCUT2D eigenvalue weighted by atomic mass is 35.5. The summed E-state index contributed by atoms with van der Waals surface area (Å²) in [6, 6.07) is 5.23. The van der Waals surface area contributed by atoms with Crippen LogP contribution in [-0.4, -0.2) is 35.3 Å². The normalized spacial score (nSPS) is 11.6. The van der Waals surface area contributed by atoms with Crippen LogP contribution < -0.4 is 5.32 Å². The monoisotopic (exact) mass is 350 g/mol. The number of furan rings is 1. The Balaban J connectivity index is 2.25. The Morgan fingerprint density at radius 2 is 1.96 bits per heavy atom. The van der Waals surface area contributed by atoms with Crippen molar-refractivity contribution in [2.24, 2.45) is 0 Å². The molecule has 1 heterocycles. The highest BCUT2D eigenvalue weighted by Gasteiger charge is 2.25. The maximum absolute atomic E-state index is 12.8. The van der Waals surface area contributed by atoms with Gasteiger partial charge in [-0.15, -0.1) is 0 Å². The first-order valence-corrected chi connectivity index (χ1v) is 8.29. The lowest BCUT2D eigenvalue weighted by molar-refractivity contribution is -0.123. The molecule has 24 heavy (non-hydrogen) atoms. The van der Waals surface area contributed by atoms with Crippen molar-refractivity contribution < 1.29 is 14.0 Å². The second kappa shape index (κ2) is 6.85. The van der Waals surface area contributed by atoms with Crippen molar-refractivity contribution >= 4 is 34.4 Å². The van der Waals surface area contributed by atoms with Crippen LogP contribution in [0.25, 0.3) is 11.0 Å². The minimum absolute atomic E-state index is 0.0101. The van der Waals surface area contributed by atoms with Gasteiger partial charge in [-0.25, -0.2) is 0 Å². The fourth-order valence-electron chi connectivity index (χ4n) is 2.50. The van der Waals surface area contributed by atoms with Crippen molar-refractivity contribution in [3.63, 3.8) is 0 Å². The number of halogens is 1. The van der Waals surface area contributed by atoms with E-state index in [4.69, 9.17) is 16.0 Å². The van der Waals surface area contributed by atoms with E-state index >= 15 is 0 Å². The lowest BCUT2D eigenvalue weighted by Gasteiger charge is -2.24. The number of hydrogen-bond donors (Lipinski definition) is 1. The number of nitrogens with zero attached hydrogens (tertiary/aromatic N) is 1. The third-order valence-corrected chi connectivity index (χ3v) is 3.85. The first-order valence-electron chi connectivity index (χ1n) is 7.91. The van der Waals surface area contributed by atoms with Gasteiger partial charge >= 0.3 is 0 Å². The number of benzene rings is 1. The number of fused-ring (bicyclic) bond motifs is 1. The number of likely N-dealkylation sites (N-methyl/N-ethyl adjacent to an activating group) is 1. The van der Waals surface area contributed by atoms with Crippen LogP contribution in [0.5, 0.6) is 0 Å². The second-order valence-electron chi connectivity index (χ2n) is 6.81. The zero-order valence-electron chi connectivity index (χ0n) is 14.7. The van der Waals surface area contributed by atoms with Gasteiger partial charge in [0.25, 0.3) is 5.91 Å². The van der Waals surface area contributed by atoms with Crippen LogP contribution >= 0.6 is 11.6 Å². The summed E-state index contributed by atoms with van der Waals surface area (Å²) in [5.41, 5.74) is 0.994. The molecule has 0 unspecified atom stereocenters. The molecule has 0 fully saturated rings. The van der Waals surface area contributed by atoms with E-state index < -0.39 is 0 Å². The number of carbonyl (C=O) groups is 2. The molecule has 0 saturated heterocycles. The maximum atomic E-state index is 12.8. The van der Waals surface area contributed by atoms with E-state index in [1.807, 2.05) is 34.6 Å². The Bertz CT molecular complexity index is 774. The van der Waals surface area contributed by atoms with Gasteiger partial charge in [0.15, 0.2) is 5.76 Å². The molecule has 2 aromatic rings. The van der Waals surface area contributed by atoms with Crippen LogP contribution in [0, 0.1) is 6.92 Å². The van der Waals surface area contributed by atoms with Crippen molar-refractivity contribution in [1.82, 2.24) is 10.2 Å². The third-order valence-electron chi connectivity index (χ3n) is 3.61. The van der Waals surface area contributed by atoms with E-state index in [1.165, 1.54) is 4.90 Å². The topological polar surface area (TPSA) is 62.6 Å². The Hall–Kier alpha value is -2.01. The molecule has 130 valence electrons. The van der Waals surface area contributed by atoms with Gasteiger partial charge in [-0.1, -0.05) is 11.6 Å². The van der Waals surface area contributed by atoms with Crippen molar-refractivity contribution in [1.29, 1.82) is 0 Å². The third kappa shape index (κ3) is 4.09. The summed E-state index contributed by atoms with van der Waals surface area (Å²) in [4.78, 5) is 26.3. The fourth-order valence-corrected chi connectivity index (χ4v) is 2.67. The molecule has 0 saturated carbocycles. The molecule has 0 atom stereocenters. The highest BCUT2D eigenvalue weighted by molar-refractivity contribution is 6.31. The SMILES string of the molecule is CCN(CC(=O)NC(C)(C)C)C(=O)c1oc2ccc(Cl)cc2c1C. The minimum atomic E-state index is -0.342. The average molecular weight is 351 g/mol. The molecule has 1 aromatic carbocycles. The molecule has 0 bridgehead atoms. The largest absolute Gasteiger partial charge is 0.451 e. The van der Waals surface area contributed by atoms with Crippen LogP contribution in [0.2, 0.25) is 5.02 Å². The van der Waals surface area contributed by atoms with Gasteiger partial charge in [-0.3, -0.25) is 9.59 Å². The maximum Gasteiger partial charge on any atom is 0.290 e. The van der Waals surface area contributed by atoms with Crippen LogP contribution in [0.4, 0.5) is 0 Å². The van der Waals surface area contributed by atoms with Crippen molar-refractivity contribution in [2.75, 3.05) is 13.1 Å². The van der Waals surface area contributed by atoms with E-state index in [0.717, 1.165) is 10.9 Å². The predicted molar refractivity (Wildman–Crippen MR) is 95.4 cm³/mol. The number of rotatable bonds is 4. The van der Waals surface area contributed by atoms with Gasteiger partial charge in [-0.2, -0.15) is 0 Å². The molecular formula is C18H23ClN2O3. The highest BCUT2D eigenvalue weighted by Crippen LogP contribution is 2.28. The smallest absolute Gasteiger partial charge is 0.290 e. The van der Waals surface area contributed by atoms with E-state index in [2.05, 4.69) is 5.32 Å². The summed E-state index contributed by atoms with van der Waals surface area (Å²) in [6.07, 6.45) is 0. The van der Waals surface area contributed by atoms with E-state index in [0.29, 0.717) is 17.2 Å². The van der Waals surface area contributed by atoms with E-state index in [1.54, 1.807) is 18.2 Å². The zero-order chi connectivity index (χ0) is 18.1. The number of carbonyl (C=O) groups excluding carboxylic acids is 2. The molecule has 1 N–H and O–H groups in total. The molecular weight excluding hydrogens is 328 g/mol. The van der Waals surface area contributed by atoms with Crippen LogP contribution in [0.1, 0.15) is 43.8 Å². The first kappa shape index (κ1) is 18.3. The molecule has 0 spiro atoms. The molecule has 0 aliphatic heterocycles. The molecule has 6 heteroatoms. The van der Waals surface area contributed by atoms with Crippen LogP contribution in [-0.2, 0) is 4.79 Å². The quantitative estimate of drug-likeness (QED) is 0.912. The predicted octanol–water partition coefficient (Wildman–Crippen LogP) is 3.77. The molecule has 0 aliphatic rings. The van der Waals surface area contributed by atoms with Gasteiger partial charge < -0.3 is 14.6 Å². The van der Waals surface area contributed by atoms with Gasteiger partial charge in [0.2, 0.25) is 5.91 Å². The Kier molecular flexibility index (Phi) is 5.23. The van der Waals surface area contributed by atoms with Gasteiger partial charge in [0.1, 0.15) is 5.58 Å². The van der Waals surface area contributed by atoms with Gasteiger partial charge in [0, 0.05) is 28.1 Å². The number of amides is 2. The molecule has 0 aliphatic carbocycles. The zero-order valence-corrected chi connectivity index (χ0v) is 15.5. The summed E-state index contributed by atoms with van der Waals surface area (Å²) in [6.45, 7) is 9.75. The Morgan fingerprint density at radius 1 is 1.29 bits per heavy atom. The lowest BCUT2D eigenvalue weighted by Crippen LogP contribution is -2.47. The fraction of sp³-hybridized carbons (Fsp3) is 0.444. The molecule has 0 radical (unpaired) electrons. The summed E-state index contributed by atoms with van der Waals surface area (Å²) in [5.74, 6) is -0.251. The minimum Gasteiger partial charge on any atom is -0.451 e. The summed E-state index contributed by atoms with van der Waals surface area (Å²) < 4.78 is 5.70. The Morgan fingerprint density at radius 3 is 2.54 bits per heavy atom. The number of aryl methyl sites for hydroxylation is 1. The van der Waals surface area contributed by atoms with E-state index in [-0.39, 0.29) is 29.7 Å². The Labute approximate surface area is 146 Å². The van der Waals surface area contributed by atoms with Crippen LogP contribution in [0.3, 0.4) is 0 Å².